The van der Waals surface area contributed by atoms with Gasteiger partial charge < -0.3 is 0 Å². The molecule has 0 atom stereocenters. The summed E-state index contributed by atoms with van der Waals surface area (Å²) < 4.78 is 0. The number of nitrogens with zero attached hydrogens (tertiary/aromatic N) is 3. The lowest BCUT2D eigenvalue weighted by Crippen LogP contribution is -2.33. The Hall–Kier alpha value is -2.21. The van der Waals surface area contributed by atoms with E-state index in [1.165, 1.54) is 11.0 Å². The predicted molar refractivity (Wildman–Crippen MR) is 69.7 cm³/mol. The number of para-hydroxylation sites is 1. The molecule has 2 aromatic rings. The van der Waals surface area contributed by atoms with Crippen LogP contribution in [0, 0.1) is 0 Å². The van der Waals surface area contributed by atoms with Crippen LogP contribution in [0.4, 0.5) is 0 Å². The molecule has 0 radical (unpaired) electrons. The van der Waals surface area contributed by atoms with Crippen LogP contribution in [0.1, 0.15) is 31.3 Å². The fraction of sp³-hybridized carbons (Fsp3) is 0.308. The lowest BCUT2D eigenvalue weighted by Gasteiger charge is -2.18. The quantitative estimate of drug-likeness (QED) is 0.853. The number of hydroxylamine groups is 1. The Kier molecular flexibility index (Phi) is 3.62. The number of carbonyl (C=O) groups excluding carboxylic acids is 1. The molecule has 1 N–H and O–H groups in total. The SMILES string of the molecule is CC(C)(C)ONC(=O)c1cnn(-c2ccccc2)n1. The first-order valence-corrected chi connectivity index (χ1v) is 5.92. The van der Waals surface area contributed by atoms with Gasteiger partial charge >= 0.3 is 0 Å². The number of hydrogen-bond acceptors (Lipinski definition) is 4. The molecule has 0 unspecified atom stereocenters. The summed E-state index contributed by atoms with van der Waals surface area (Å²) in [6.45, 7) is 5.52. The Balaban J connectivity index is 2.07. The average molecular weight is 260 g/mol. The van der Waals surface area contributed by atoms with E-state index in [4.69, 9.17) is 4.84 Å². The number of amides is 1. The van der Waals surface area contributed by atoms with E-state index in [1.54, 1.807) is 0 Å². The maximum absolute atomic E-state index is 11.8. The van der Waals surface area contributed by atoms with Crippen molar-refractivity contribution < 1.29 is 9.63 Å². The highest BCUT2D eigenvalue weighted by Gasteiger charge is 2.16. The second-order valence-electron chi connectivity index (χ2n) is 5.00. The van der Waals surface area contributed by atoms with Gasteiger partial charge in [0.1, 0.15) is 0 Å². The highest BCUT2D eigenvalue weighted by Crippen LogP contribution is 2.06. The minimum atomic E-state index is -0.453. The molecule has 0 aliphatic carbocycles. The summed E-state index contributed by atoms with van der Waals surface area (Å²) in [4.78, 5) is 18.4. The summed E-state index contributed by atoms with van der Waals surface area (Å²) in [7, 11) is 0. The monoisotopic (exact) mass is 260 g/mol. The number of hydrogen-bond donors (Lipinski definition) is 1. The van der Waals surface area contributed by atoms with Gasteiger partial charge in [0.05, 0.1) is 17.5 Å². The maximum atomic E-state index is 11.8. The van der Waals surface area contributed by atoms with Gasteiger partial charge in [-0.1, -0.05) is 18.2 Å². The Labute approximate surface area is 111 Å². The van der Waals surface area contributed by atoms with Crippen molar-refractivity contribution in [3.8, 4) is 5.69 Å². The van der Waals surface area contributed by atoms with Gasteiger partial charge in [0.25, 0.3) is 5.91 Å². The Bertz CT molecular complexity index is 558. The van der Waals surface area contributed by atoms with E-state index >= 15 is 0 Å². The first-order chi connectivity index (χ1) is 8.96. The van der Waals surface area contributed by atoms with Crippen molar-refractivity contribution in [2.75, 3.05) is 0 Å². The zero-order valence-electron chi connectivity index (χ0n) is 11.1. The van der Waals surface area contributed by atoms with Crippen molar-refractivity contribution in [1.82, 2.24) is 20.5 Å². The number of aromatic nitrogens is 3. The molecule has 6 heteroatoms. The molecular weight excluding hydrogens is 244 g/mol. The Morgan fingerprint density at radius 2 is 1.95 bits per heavy atom. The molecule has 0 spiro atoms. The normalized spacial score (nSPS) is 11.3. The van der Waals surface area contributed by atoms with Gasteiger partial charge in [-0.05, 0) is 32.9 Å². The van der Waals surface area contributed by atoms with Gasteiger partial charge in [-0.15, -0.1) is 5.10 Å². The lowest BCUT2D eigenvalue weighted by molar-refractivity contribution is -0.0591. The number of benzene rings is 1. The number of nitrogens with one attached hydrogen (secondary N) is 1. The third kappa shape index (κ3) is 3.62. The van der Waals surface area contributed by atoms with Crippen molar-refractivity contribution in [1.29, 1.82) is 0 Å². The van der Waals surface area contributed by atoms with Crippen LogP contribution in [0.3, 0.4) is 0 Å². The van der Waals surface area contributed by atoms with Gasteiger partial charge in [-0.2, -0.15) is 9.90 Å². The molecule has 6 nitrogen and oxygen atoms in total. The van der Waals surface area contributed by atoms with Crippen LogP contribution in [0.2, 0.25) is 0 Å². The van der Waals surface area contributed by atoms with E-state index in [0.717, 1.165) is 5.69 Å². The van der Waals surface area contributed by atoms with Crippen molar-refractivity contribution in [2.45, 2.75) is 26.4 Å². The van der Waals surface area contributed by atoms with E-state index in [1.807, 2.05) is 51.1 Å². The van der Waals surface area contributed by atoms with Crippen molar-refractivity contribution in [3.63, 3.8) is 0 Å². The molecule has 2 rings (SSSR count). The minimum absolute atomic E-state index is 0.202. The third-order valence-corrected chi connectivity index (χ3v) is 2.16. The minimum Gasteiger partial charge on any atom is -0.268 e. The van der Waals surface area contributed by atoms with Crippen molar-refractivity contribution >= 4 is 5.91 Å². The third-order valence-electron chi connectivity index (χ3n) is 2.16. The fourth-order valence-corrected chi connectivity index (χ4v) is 1.30. The van der Waals surface area contributed by atoms with Gasteiger partial charge in [0.2, 0.25) is 0 Å². The summed E-state index contributed by atoms with van der Waals surface area (Å²) in [5.41, 5.74) is 2.89. The summed E-state index contributed by atoms with van der Waals surface area (Å²) in [5, 5.41) is 8.14. The largest absolute Gasteiger partial charge is 0.297 e. The summed E-state index contributed by atoms with van der Waals surface area (Å²) >= 11 is 0. The molecule has 100 valence electrons. The molecular formula is C13H16N4O2. The van der Waals surface area contributed by atoms with Crippen LogP contribution in [-0.4, -0.2) is 26.5 Å². The molecule has 0 fully saturated rings. The Morgan fingerprint density at radius 3 is 2.58 bits per heavy atom. The second kappa shape index (κ2) is 5.19. The first-order valence-electron chi connectivity index (χ1n) is 5.92. The van der Waals surface area contributed by atoms with Gasteiger partial charge in [0.15, 0.2) is 5.69 Å². The summed E-state index contributed by atoms with van der Waals surface area (Å²) in [5.74, 6) is -0.419. The second-order valence-corrected chi connectivity index (χ2v) is 5.00. The zero-order valence-corrected chi connectivity index (χ0v) is 11.1. The number of carbonyl (C=O) groups is 1. The van der Waals surface area contributed by atoms with Crippen molar-refractivity contribution in [2.24, 2.45) is 0 Å². The highest BCUT2D eigenvalue weighted by atomic mass is 16.7. The van der Waals surface area contributed by atoms with Crippen molar-refractivity contribution in [3.05, 3.63) is 42.2 Å². The lowest BCUT2D eigenvalue weighted by atomic mass is 10.2. The van der Waals surface area contributed by atoms with Gasteiger partial charge in [0, 0.05) is 0 Å². The fourth-order valence-electron chi connectivity index (χ4n) is 1.30. The van der Waals surface area contributed by atoms with Crippen LogP contribution in [0.15, 0.2) is 36.5 Å². The first kappa shape index (κ1) is 13.2. The van der Waals surface area contributed by atoms with E-state index in [0.29, 0.717) is 0 Å². The van der Waals surface area contributed by atoms with Crippen LogP contribution in [0.5, 0.6) is 0 Å². The molecule has 0 bridgehead atoms. The molecule has 1 heterocycles. The van der Waals surface area contributed by atoms with Crippen LogP contribution in [-0.2, 0) is 4.84 Å². The number of rotatable bonds is 3. The summed E-state index contributed by atoms with van der Waals surface area (Å²) in [6.07, 6.45) is 1.40. The molecule has 19 heavy (non-hydrogen) atoms. The molecule has 1 aromatic carbocycles. The molecule has 1 aromatic heterocycles. The van der Waals surface area contributed by atoms with Crippen LogP contribution in [0.25, 0.3) is 5.69 Å². The predicted octanol–water partition coefficient (Wildman–Crippen LogP) is 1.73. The smallest absolute Gasteiger partial charge is 0.268 e. The Morgan fingerprint density at radius 1 is 1.26 bits per heavy atom. The van der Waals surface area contributed by atoms with Gasteiger partial charge in [-0.25, -0.2) is 5.48 Å². The van der Waals surface area contributed by atoms with E-state index < -0.39 is 11.5 Å². The van der Waals surface area contributed by atoms with E-state index in [2.05, 4.69) is 15.7 Å². The molecule has 0 aliphatic rings. The standard InChI is InChI=1S/C13H16N4O2/c1-13(2,3)19-16-12(18)11-9-14-17(15-11)10-7-5-4-6-8-10/h4-9H,1-3H3,(H,16,18). The molecule has 0 saturated carbocycles. The highest BCUT2D eigenvalue weighted by molar-refractivity contribution is 5.91. The van der Waals surface area contributed by atoms with Gasteiger partial charge in [-0.3, -0.25) is 9.63 Å². The molecule has 0 aliphatic heterocycles. The summed E-state index contributed by atoms with van der Waals surface area (Å²) in [6, 6.07) is 9.36. The maximum Gasteiger partial charge on any atom is 0.297 e. The van der Waals surface area contributed by atoms with Crippen LogP contribution < -0.4 is 5.48 Å². The van der Waals surface area contributed by atoms with E-state index in [9.17, 15) is 4.79 Å². The average Bonchev–Trinajstić information content (AvgIpc) is 2.86. The molecule has 0 saturated heterocycles. The van der Waals surface area contributed by atoms with Crippen LogP contribution >= 0.6 is 0 Å². The molecule has 1 amide bonds. The zero-order chi connectivity index (χ0) is 13.9. The van der Waals surface area contributed by atoms with E-state index in [-0.39, 0.29) is 5.69 Å². The topological polar surface area (TPSA) is 69.0 Å².